The minimum Gasteiger partial charge on any atom is -0.772 e. The minimum atomic E-state index is -2.00. The first kappa shape index (κ1) is 16.9. The molecule has 1 aromatic carbocycles. The second kappa shape index (κ2) is 7.70. The van der Waals surface area contributed by atoms with Crippen molar-refractivity contribution in [2.45, 2.75) is 44.8 Å². The van der Waals surface area contributed by atoms with Gasteiger partial charge in [-0.25, -0.2) is 0 Å². The summed E-state index contributed by atoms with van der Waals surface area (Å²) in [5.41, 5.74) is 3.49. The molecule has 4 nitrogen and oxygen atoms in total. The maximum atomic E-state index is 10.9. The van der Waals surface area contributed by atoms with Crippen molar-refractivity contribution < 1.29 is 8.76 Å². The van der Waals surface area contributed by atoms with Crippen molar-refractivity contribution in [2.24, 2.45) is 5.92 Å². The average molecular weight is 319 g/mol. The predicted octanol–water partition coefficient (Wildman–Crippen LogP) is 3.59. The molecule has 0 fully saturated rings. The van der Waals surface area contributed by atoms with Crippen LogP contribution in [0.4, 0.5) is 0 Å². The van der Waals surface area contributed by atoms with Gasteiger partial charge in [0.2, 0.25) is 0 Å². The van der Waals surface area contributed by atoms with E-state index in [1.807, 2.05) is 6.20 Å². The molecule has 0 aliphatic heterocycles. The first-order chi connectivity index (χ1) is 10.5. The number of fused-ring (bicyclic) bond motifs is 1. The van der Waals surface area contributed by atoms with Crippen LogP contribution in [0.2, 0.25) is 0 Å². The van der Waals surface area contributed by atoms with Crippen LogP contribution in [0.1, 0.15) is 37.8 Å². The van der Waals surface area contributed by atoms with Crippen LogP contribution >= 0.6 is 0 Å². The number of benzene rings is 1. The van der Waals surface area contributed by atoms with Crippen LogP contribution in [-0.2, 0) is 23.9 Å². The van der Waals surface area contributed by atoms with Gasteiger partial charge in [0, 0.05) is 22.3 Å². The van der Waals surface area contributed by atoms with Crippen LogP contribution < -0.4 is 0 Å². The second-order valence-electron chi connectivity index (χ2n) is 5.84. The number of hydrogen-bond acceptors (Lipinski definition) is 3. The number of hydrogen-bond donors (Lipinski definition) is 2. The van der Waals surface area contributed by atoms with E-state index in [-0.39, 0.29) is 11.2 Å². The average Bonchev–Trinajstić information content (AvgIpc) is 2.92. The summed E-state index contributed by atoms with van der Waals surface area (Å²) >= 11 is -2.00. The van der Waals surface area contributed by atoms with Gasteiger partial charge >= 0.3 is 0 Å². The van der Waals surface area contributed by atoms with Gasteiger partial charge in [-0.3, -0.25) is 4.21 Å². The van der Waals surface area contributed by atoms with Gasteiger partial charge in [-0.1, -0.05) is 31.0 Å². The van der Waals surface area contributed by atoms with E-state index in [0.29, 0.717) is 6.42 Å². The van der Waals surface area contributed by atoms with E-state index in [1.165, 1.54) is 17.2 Å². The van der Waals surface area contributed by atoms with Crippen LogP contribution in [-0.4, -0.2) is 25.2 Å². The van der Waals surface area contributed by atoms with Crippen LogP contribution in [0.5, 0.6) is 0 Å². The summed E-state index contributed by atoms with van der Waals surface area (Å²) in [6.45, 7) is 3.83. The Morgan fingerprint density at radius 2 is 2.23 bits per heavy atom. The zero-order valence-electron chi connectivity index (χ0n) is 13.1. The summed E-state index contributed by atoms with van der Waals surface area (Å²) < 4.78 is 21.8. The summed E-state index contributed by atoms with van der Waals surface area (Å²) in [6, 6.07) is 6.26. The van der Waals surface area contributed by atoms with E-state index in [9.17, 15) is 8.76 Å². The Balaban J connectivity index is 2.17. The fourth-order valence-electron chi connectivity index (χ4n) is 2.62. The molecule has 0 amide bonds. The molecular formula is C17H23N2O2S-. The zero-order chi connectivity index (χ0) is 16.1. The summed E-state index contributed by atoms with van der Waals surface area (Å²) in [4.78, 5) is 3.28. The zero-order valence-corrected chi connectivity index (χ0v) is 13.9. The molecule has 0 saturated heterocycles. The molecule has 0 saturated carbocycles. The standard InChI is InChI=1S/C17H24N2O2S/c1-3-13(10-18)8-15-11-19-17-7-6-14(9-16(15)17)5-4-12(2)22(20)21/h6-7,9-13,18-19H,3-5,8H2,1-2H3,(H,20,21)/p-1/t12-,13-/m1/s1. The Kier molecular flexibility index (Phi) is 5.91. The predicted molar refractivity (Wildman–Crippen MR) is 91.3 cm³/mol. The van der Waals surface area contributed by atoms with Gasteiger partial charge in [0.25, 0.3) is 0 Å². The highest BCUT2D eigenvalue weighted by molar-refractivity contribution is 7.79. The van der Waals surface area contributed by atoms with Gasteiger partial charge in [-0.2, -0.15) is 0 Å². The summed E-state index contributed by atoms with van der Waals surface area (Å²) in [5, 5.41) is 8.35. The number of H-pyrrole nitrogens is 1. The summed E-state index contributed by atoms with van der Waals surface area (Å²) in [5.74, 6) is 0.269. The van der Waals surface area contributed by atoms with Crippen molar-refractivity contribution in [3.05, 3.63) is 35.5 Å². The first-order valence-corrected chi connectivity index (χ1v) is 8.86. The monoisotopic (exact) mass is 319 g/mol. The number of aromatic amines is 1. The van der Waals surface area contributed by atoms with Gasteiger partial charge < -0.3 is 14.9 Å². The third-order valence-corrected chi connectivity index (χ3v) is 5.13. The van der Waals surface area contributed by atoms with Gasteiger partial charge in [0.15, 0.2) is 0 Å². The molecule has 3 atom stereocenters. The van der Waals surface area contributed by atoms with Gasteiger partial charge in [0.1, 0.15) is 0 Å². The van der Waals surface area contributed by atoms with Crippen LogP contribution in [0.25, 0.3) is 10.9 Å². The molecule has 22 heavy (non-hydrogen) atoms. The van der Waals surface area contributed by atoms with Crippen LogP contribution in [0.3, 0.4) is 0 Å². The Hall–Kier alpha value is -1.46. The maximum Gasteiger partial charge on any atom is 0.0456 e. The highest BCUT2D eigenvalue weighted by Crippen LogP contribution is 2.24. The molecule has 0 aliphatic carbocycles. The van der Waals surface area contributed by atoms with E-state index in [0.717, 1.165) is 30.3 Å². The quantitative estimate of drug-likeness (QED) is 0.576. The van der Waals surface area contributed by atoms with E-state index < -0.39 is 11.1 Å². The topological polar surface area (TPSA) is 79.8 Å². The largest absolute Gasteiger partial charge is 0.772 e. The molecule has 2 aromatic rings. The fraction of sp³-hybridized carbons (Fsp3) is 0.471. The Morgan fingerprint density at radius 1 is 1.45 bits per heavy atom. The van der Waals surface area contributed by atoms with E-state index in [1.54, 1.807) is 6.92 Å². The molecule has 2 N–H and O–H groups in total. The molecule has 2 rings (SSSR count). The summed E-state index contributed by atoms with van der Waals surface area (Å²) in [6.07, 6.45) is 6.77. The Morgan fingerprint density at radius 3 is 2.86 bits per heavy atom. The molecule has 0 radical (unpaired) electrons. The van der Waals surface area contributed by atoms with Crippen molar-refractivity contribution in [2.75, 3.05) is 0 Å². The van der Waals surface area contributed by atoms with Crippen molar-refractivity contribution in [1.82, 2.24) is 4.98 Å². The van der Waals surface area contributed by atoms with Crippen molar-refractivity contribution >= 4 is 28.2 Å². The Labute approximate surface area is 134 Å². The van der Waals surface area contributed by atoms with Crippen molar-refractivity contribution in [3.8, 4) is 0 Å². The molecule has 1 unspecified atom stereocenters. The fourth-order valence-corrected chi connectivity index (χ4v) is 2.93. The van der Waals surface area contributed by atoms with E-state index >= 15 is 0 Å². The van der Waals surface area contributed by atoms with E-state index in [2.05, 4.69) is 30.1 Å². The van der Waals surface area contributed by atoms with Crippen LogP contribution in [0, 0.1) is 11.3 Å². The number of aryl methyl sites for hydroxylation is 1. The van der Waals surface area contributed by atoms with Crippen LogP contribution in [0.15, 0.2) is 24.4 Å². The lowest BCUT2D eigenvalue weighted by Crippen LogP contribution is -2.10. The molecule has 1 aromatic heterocycles. The van der Waals surface area contributed by atoms with Crippen molar-refractivity contribution in [3.63, 3.8) is 0 Å². The highest BCUT2D eigenvalue weighted by Gasteiger charge is 2.10. The maximum absolute atomic E-state index is 10.9. The number of aromatic nitrogens is 1. The lowest BCUT2D eigenvalue weighted by molar-refractivity contribution is 0.520. The summed E-state index contributed by atoms with van der Waals surface area (Å²) in [7, 11) is 0. The van der Waals surface area contributed by atoms with E-state index in [4.69, 9.17) is 5.41 Å². The lowest BCUT2D eigenvalue weighted by atomic mass is 9.96. The molecule has 0 spiro atoms. The lowest BCUT2D eigenvalue weighted by Gasteiger charge is -2.14. The second-order valence-corrected chi connectivity index (χ2v) is 7.17. The van der Waals surface area contributed by atoms with Crippen molar-refractivity contribution in [1.29, 1.82) is 5.41 Å². The number of rotatable bonds is 8. The molecule has 0 bridgehead atoms. The smallest absolute Gasteiger partial charge is 0.0456 e. The molecule has 5 heteroatoms. The molecular weight excluding hydrogens is 296 g/mol. The molecule has 120 valence electrons. The first-order valence-electron chi connectivity index (χ1n) is 7.72. The molecule has 0 aliphatic rings. The van der Waals surface area contributed by atoms with Gasteiger partial charge in [-0.05, 0) is 61.1 Å². The minimum absolute atomic E-state index is 0.269. The SMILES string of the molecule is CC[C@@H](C=N)Cc1c[nH]c2ccc(CC[C@@H](C)S(=O)[O-])cc12. The Bertz CT molecular complexity index is 666. The van der Waals surface area contributed by atoms with Gasteiger partial charge in [-0.15, -0.1) is 0 Å². The highest BCUT2D eigenvalue weighted by atomic mass is 32.2. The third kappa shape index (κ3) is 4.05. The number of nitrogens with one attached hydrogen (secondary N) is 2. The third-order valence-electron chi connectivity index (χ3n) is 4.24. The van der Waals surface area contributed by atoms with Gasteiger partial charge in [0.05, 0.1) is 0 Å². The normalized spacial score (nSPS) is 15.6. The molecule has 1 heterocycles.